The van der Waals surface area contributed by atoms with Gasteiger partial charge in [0.2, 0.25) is 0 Å². The standard InChI is InChI=1S/C9H14F3NO3/c1-6-4-13(5-7(6)8(14)15)2-3-16-9(10,11)12/h6-7H,2-5H2,1H3,(H,14,15)/t6-,7-/m1/s1. The van der Waals surface area contributed by atoms with Crippen LogP contribution in [0.5, 0.6) is 0 Å². The van der Waals surface area contributed by atoms with Gasteiger partial charge in [0.05, 0.1) is 12.5 Å². The quantitative estimate of drug-likeness (QED) is 0.802. The van der Waals surface area contributed by atoms with E-state index < -0.39 is 24.9 Å². The van der Waals surface area contributed by atoms with Gasteiger partial charge in [0.1, 0.15) is 0 Å². The highest BCUT2D eigenvalue weighted by Crippen LogP contribution is 2.23. The Balaban J connectivity index is 2.28. The number of carboxylic acid groups (broad SMARTS) is 1. The Labute approximate surface area is 91.0 Å². The Morgan fingerprint density at radius 1 is 1.50 bits per heavy atom. The van der Waals surface area contributed by atoms with E-state index in [0.29, 0.717) is 6.54 Å². The van der Waals surface area contributed by atoms with Crippen LogP contribution in [0, 0.1) is 11.8 Å². The molecule has 0 saturated carbocycles. The van der Waals surface area contributed by atoms with Crippen LogP contribution >= 0.6 is 0 Å². The van der Waals surface area contributed by atoms with Crippen molar-refractivity contribution in [3.8, 4) is 0 Å². The van der Waals surface area contributed by atoms with E-state index in [4.69, 9.17) is 5.11 Å². The van der Waals surface area contributed by atoms with Crippen molar-refractivity contribution in [2.75, 3.05) is 26.2 Å². The van der Waals surface area contributed by atoms with E-state index >= 15 is 0 Å². The van der Waals surface area contributed by atoms with Crippen molar-refractivity contribution in [3.63, 3.8) is 0 Å². The first kappa shape index (κ1) is 13.2. The fourth-order valence-electron chi connectivity index (χ4n) is 1.86. The van der Waals surface area contributed by atoms with Gasteiger partial charge in [-0.1, -0.05) is 6.92 Å². The number of rotatable bonds is 4. The normalized spacial score (nSPS) is 27.2. The summed E-state index contributed by atoms with van der Waals surface area (Å²) in [5, 5.41) is 8.82. The molecule has 0 bridgehead atoms. The summed E-state index contributed by atoms with van der Waals surface area (Å²) in [5.74, 6) is -1.43. The monoisotopic (exact) mass is 241 g/mol. The first-order chi connectivity index (χ1) is 7.29. The van der Waals surface area contributed by atoms with E-state index in [1.54, 1.807) is 11.8 Å². The minimum atomic E-state index is -4.61. The van der Waals surface area contributed by atoms with Crippen LogP contribution in [-0.4, -0.2) is 48.6 Å². The van der Waals surface area contributed by atoms with Crippen LogP contribution in [0.25, 0.3) is 0 Å². The molecule has 7 heteroatoms. The summed E-state index contributed by atoms with van der Waals surface area (Å²) >= 11 is 0. The van der Waals surface area contributed by atoms with Crippen molar-refractivity contribution in [1.82, 2.24) is 4.90 Å². The molecule has 1 N–H and O–H groups in total. The second kappa shape index (κ2) is 5.01. The summed E-state index contributed by atoms with van der Waals surface area (Å²) in [6.45, 7) is 2.22. The molecule has 1 aliphatic rings. The van der Waals surface area contributed by atoms with Gasteiger partial charge in [-0.25, -0.2) is 0 Å². The van der Waals surface area contributed by atoms with Crippen LogP contribution in [0.1, 0.15) is 6.92 Å². The maximum absolute atomic E-state index is 11.7. The number of alkyl halides is 3. The topological polar surface area (TPSA) is 49.8 Å². The maximum atomic E-state index is 11.7. The number of aliphatic carboxylic acids is 1. The van der Waals surface area contributed by atoms with Crippen molar-refractivity contribution in [2.45, 2.75) is 13.3 Å². The molecule has 4 nitrogen and oxygen atoms in total. The maximum Gasteiger partial charge on any atom is 0.522 e. The lowest BCUT2D eigenvalue weighted by Crippen LogP contribution is -2.29. The van der Waals surface area contributed by atoms with E-state index in [0.717, 1.165) is 0 Å². The molecular weight excluding hydrogens is 227 g/mol. The van der Waals surface area contributed by atoms with Gasteiger partial charge in [0.25, 0.3) is 0 Å². The molecule has 0 amide bonds. The fraction of sp³-hybridized carbons (Fsp3) is 0.889. The molecule has 2 atom stereocenters. The lowest BCUT2D eigenvalue weighted by atomic mass is 9.99. The van der Waals surface area contributed by atoms with Crippen molar-refractivity contribution < 1.29 is 27.8 Å². The minimum Gasteiger partial charge on any atom is -0.481 e. The van der Waals surface area contributed by atoms with Gasteiger partial charge in [0, 0.05) is 19.6 Å². The SMILES string of the molecule is C[C@@H]1CN(CCOC(F)(F)F)C[C@H]1C(=O)O. The molecule has 0 unspecified atom stereocenters. The molecule has 0 aromatic carbocycles. The molecule has 0 spiro atoms. The van der Waals surface area contributed by atoms with Gasteiger partial charge in [-0.2, -0.15) is 0 Å². The van der Waals surface area contributed by atoms with Crippen LogP contribution in [-0.2, 0) is 9.53 Å². The summed E-state index contributed by atoms with van der Waals surface area (Å²) in [6.07, 6.45) is -4.61. The molecule has 1 heterocycles. The molecule has 0 radical (unpaired) electrons. The summed E-state index contributed by atoms with van der Waals surface area (Å²) < 4.78 is 38.7. The Kier molecular flexibility index (Phi) is 4.15. The van der Waals surface area contributed by atoms with E-state index in [2.05, 4.69) is 4.74 Å². The molecular formula is C9H14F3NO3. The van der Waals surface area contributed by atoms with Gasteiger partial charge in [0.15, 0.2) is 0 Å². The Morgan fingerprint density at radius 3 is 2.56 bits per heavy atom. The molecule has 0 aliphatic carbocycles. The van der Waals surface area contributed by atoms with E-state index in [9.17, 15) is 18.0 Å². The molecule has 94 valence electrons. The smallest absolute Gasteiger partial charge is 0.481 e. The second-order valence-electron chi connectivity index (χ2n) is 3.98. The molecule has 0 aromatic heterocycles. The number of nitrogens with zero attached hydrogens (tertiary/aromatic N) is 1. The third-order valence-corrected chi connectivity index (χ3v) is 2.68. The van der Waals surface area contributed by atoms with Gasteiger partial charge >= 0.3 is 12.3 Å². The summed E-state index contributed by atoms with van der Waals surface area (Å²) in [7, 11) is 0. The first-order valence-electron chi connectivity index (χ1n) is 4.95. The number of hydrogen-bond acceptors (Lipinski definition) is 3. The van der Waals surface area contributed by atoms with Crippen LogP contribution in [0.2, 0.25) is 0 Å². The number of carboxylic acids is 1. The number of ether oxygens (including phenoxy) is 1. The van der Waals surface area contributed by atoms with Gasteiger partial charge in [-0.15, -0.1) is 13.2 Å². The summed E-state index contributed by atoms with van der Waals surface area (Å²) in [6, 6.07) is 0. The van der Waals surface area contributed by atoms with Crippen LogP contribution in [0.3, 0.4) is 0 Å². The molecule has 1 fully saturated rings. The summed E-state index contributed by atoms with van der Waals surface area (Å²) in [5.41, 5.74) is 0. The zero-order chi connectivity index (χ0) is 12.3. The Bertz CT molecular complexity index is 257. The van der Waals surface area contributed by atoms with Crippen LogP contribution < -0.4 is 0 Å². The zero-order valence-corrected chi connectivity index (χ0v) is 8.83. The van der Waals surface area contributed by atoms with Gasteiger partial charge in [-0.05, 0) is 5.92 Å². The largest absolute Gasteiger partial charge is 0.522 e. The Hall–Kier alpha value is -0.820. The number of likely N-dealkylation sites (tertiary alicyclic amines) is 1. The highest BCUT2D eigenvalue weighted by atomic mass is 19.4. The predicted octanol–water partition coefficient (Wildman–Crippen LogP) is 1.18. The third kappa shape index (κ3) is 3.97. The van der Waals surface area contributed by atoms with E-state index in [1.165, 1.54) is 0 Å². The highest BCUT2D eigenvalue weighted by molar-refractivity contribution is 5.71. The lowest BCUT2D eigenvalue weighted by Gasteiger charge is -2.15. The first-order valence-corrected chi connectivity index (χ1v) is 4.95. The highest BCUT2D eigenvalue weighted by Gasteiger charge is 2.35. The van der Waals surface area contributed by atoms with Gasteiger partial charge in [-0.3, -0.25) is 14.4 Å². The summed E-state index contributed by atoms with van der Waals surface area (Å²) in [4.78, 5) is 12.4. The zero-order valence-electron chi connectivity index (χ0n) is 8.83. The Morgan fingerprint density at radius 2 is 2.12 bits per heavy atom. The lowest BCUT2D eigenvalue weighted by molar-refractivity contribution is -0.324. The van der Waals surface area contributed by atoms with E-state index in [1.807, 2.05) is 0 Å². The van der Waals surface area contributed by atoms with Crippen LogP contribution in [0.4, 0.5) is 13.2 Å². The van der Waals surface area contributed by atoms with Crippen LogP contribution in [0.15, 0.2) is 0 Å². The average Bonchev–Trinajstić information content (AvgIpc) is 2.44. The second-order valence-corrected chi connectivity index (χ2v) is 3.98. The number of carbonyl (C=O) groups is 1. The number of halogens is 3. The van der Waals surface area contributed by atoms with Crippen molar-refractivity contribution in [1.29, 1.82) is 0 Å². The molecule has 1 rings (SSSR count). The number of hydrogen-bond donors (Lipinski definition) is 1. The molecule has 16 heavy (non-hydrogen) atoms. The van der Waals surface area contributed by atoms with Crippen molar-refractivity contribution in [3.05, 3.63) is 0 Å². The van der Waals surface area contributed by atoms with Crippen molar-refractivity contribution in [2.24, 2.45) is 11.8 Å². The predicted molar refractivity (Wildman–Crippen MR) is 48.7 cm³/mol. The van der Waals surface area contributed by atoms with Crippen molar-refractivity contribution >= 4 is 5.97 Å². The van der Waals surface area contributed by atoms with E-state index in [-0.39, 0.29) is 19.0 Å². The molecule has 0 aromatic rings. The van der Waals surface area contributed by atoms with Gasteiger partial charge < -0.3 is 5.11 Å². The fourth-order valence-corrected chi connectivity index (χ4v) is 1.86. The molecule has 1 saturated heterocycles. The third-order valence-electron chi connectivity index (χ3n) is 2.68. The molecule has 1 aliphatic heterocycles. The minimum absolute atomic E-state index is 0.0385. The average molecular weight is 241 g/mol.